The lowest BCUT2D eigenvalue weighted by atomic mass is 10.2. The van der Waals surface area contributed by atoms with Crippen molar-refractivity contribution in [1.82, 2.24) is 14.7 Å². The molecule has 7 nitrogen and oxygen atoms in total. The third kappa shape index (κ3) is 2.56. The van der Waals surface area contributed by atoms with Crippen LogP contribution in [0.4, 0.5) is 5.69 Å². The zero-order valence-electron chi connectivity index (χ0n) is 11.6. The van der Waals surface area contributed by atoms with Crippen molar-refractivity contribution in [1.29, 1.82) is 0 Å². The summed E-state index contributed by atoms with van der Waals surface area (Å²) in [7, 11) is 0. The summed E-state index contributed by atoms with van der Waals surface area (Å²) in [5.74, 6) is -0.197. The van der Waals surface area contributed by atoms with E-state index in [1.807, 2.05) is 11.3 Å². The fourth-order valence-corrected chi connectivity index (χ4v) is 3.17. The zero-order chi connectivity index (χ0) is 15.7. The van der Waals surface area contributed by atoms with E-state index in [2.05, 4.69) is 10.3 Å². The number of fused-ring (bicyclic) bond motifs is 1. The number of aromatic nitrogens is 2. The molecule has 0 unspecified atom stereocenters. The van der Waals surface area contributed by atoms with Crippen molar-refractivity contribution in [3.05, 3.63) is 63.0 Å². The highest BCUT2D eigenvalue weighted by atomic mass is 32.1. The van der Waals surface area contributed by atoms with Gasteiger partial charge >= 0.3 is 0 Å². The number of nitro groups is 1. The van der Waals surface area contributed by atoms with Crippen molar-refractivity contribution < 1.29 is 9.72 Å². The maximum atomic E-state index is 12.3. The minimum Gasteiger partial charge on any atom is -0.347 e. The van der Waals surface area contributed by atoms with E-state index >= 15 is 0 Å². The summed E-state index contributed by atoms with van der Waals surface area (Å²) >= 11 is 1.36. The van der Waals surface area contributed by atoms with E-state index in [9.17, 15) is 14.9 Å². The molecule has 1 amide bonds. The van der Waals surface area contributed by atoms with Crippen LogP contribution >= 0.6 is 11.3 Å². The van der Waals surface area contributed by atoms with Crippen LogP contribution in [0.2, 0.25) is 0 Å². The van der Waals surface area contributed by atoms with E-state index in [1.54, 1.807) is 24.7 Å². The first-order valence-corrected chi connectivity index (χ1v) is 7.31. The monoisotopic (exact) mass is 316 g/mol. The summed E-state index contributed by atoms with van der Waals surface area (Å²) in [5, 5.41) is 13.5. The highest BCUT2D eigenvalue weighted by Gasteiger charge is 2.15. The number of nitro benzene ring substituents is 1. The van der Waals surface area contributed by atoms with Crippen LogP contribution in [0.5, 0.6) is 0 Å². The molecule has 2 heterocycles. The Morgan fingerprint density at radius 3 is 3.05 bits per heavy atom. The van der Waals surface area contributed by atoms with E-state index < -0.39 is 4.92 Å². The number of nitrogens with one attached hydrogen (secondary N) is 1. The van der Waals surface area contributed by atoms with Gasteiger partial charge in [0.15, 0.2) is 0 Å². The molecule has 0 fully saturated rings. The number of imidazole rings is 1. The molecular formula is C14H12N4O3S. The summed E-state index contributed by atoms with van der Waals surface area (Å²) in [6.07, 6.45) is 3.37. The lowest BCUT2D eigenvalue weighted by molar-refractivity contribution is -0.384. The maximum absolute atomic E-state index is 12.3. The van der Waals surface area contributed by atoms with Gasteiger partial charge in [-0.25, -0.2) is 4.98 Å². The van der Waals surface area contributed by atoms with E-state index in [0.717, 1.165) is 10.5 Å². The number of benzene rings is 1. The summed E-state index contributed by atoms with van der Waals surface area (Å²) in [6.45, 7) is 2.10. The number of carbonyl (C=O) groups excluding carboxylic acids is 1. The Labute approximate surface area is 129 Å². The first kappa shape index (κ1) is 14.2. The predicted octanol–water partition coefficient (Wildman–Crippen LogP) is 2.54. The lowest BCUT2D eigenvalue weighted by Gasteiger charge is -2.04. The molecule has 2 aromatic heterocycles. The van der Waals surface area contributed by atoms with Crippen LogP contribution in [0.25, 0.3) is 4.83 Å². The maximum Gasteiger partial charge on any atom is 0.269 e. The largest absolute Gasteiger partial charge is 0.347 e. The third-order valence-corrected chi connectivity index (χ3v) is 4.48. The van der Waals surface area contributed by atoms with Gasteiger partial charge in [-0.2, -0.15) is 0 Å². The van der Waals surface area contributed by atoms with Gasteiger partial charge in [-0.05, 0) is 12.5 Å². The molecule has 1 aromatic carbocycles. The molecule has 1 N–H and O–H groups in total. The molecule has 0 saturated heterocycles. The van der Waals surface area contributed by atoms with E-state index in [1.165, 1.54) is 23.5 Å². The van der Waals surface area contributed by atoms with Crippen LogP contribution in [0.1, 0.15) is 20.9 Å². The number of aryl methyl sites for hydroxylation is 1. The molecule has 0 spiro atoms. The van der Waals surface area contributed by atoms with Crippen molar-refractivity contribution in [3.63, 3.8) is 0 Å². The Morgan fingerprint density at radius 1 is 1.50 bits per heavy atom. The minimum absolute atomic E-state index is 0.0133. The van der Waals surface area contributed by atoms with Gasteiger partial charge in [0.05, 0.1) is 11.1 Å². The van der Waals surface area contributed by atoms with Gasteiger partial charge in [0, 0.05) is 24.4 Å². The molecule has 22 heavy (non-hydrogen) atoms. The van der Waals surface area contributed by atoms with Crippen LogP contribution in [0, 0.1) is 17.0 Å². The van der Waals surface area contributed by atoms with Crippen LogP contribution in [-0.4, -0.2) is 20.2 Å². The minimum atomic E-state index is -0.453. The Morgan fingerprint density at radius 2 is 2.32 bits per heavy atom. The first-order valence-electron chi connectivity index (χ1n) is 6.49. The molecule has 112 valence electrons. The first-order chi connectivity index (χ1) is 10.6. The molecule has 0 bridgehead atoms. The molecule has 8 heteroatoms. The van der Waals surface area contributed by atoms with Gasteiger partial charge in [-0.1, -0.05) is 12.1 Å². The van der Waals surface area contributed by atoms with Crippen molar-refractivity contribution >= 4 is 27.8 Å². The molecule has 3 rings (SSSR count). The van der Waals surface area contributed by atoms with E-state index in [0.29, 0.717) is 10.4 Å². The highest BCUT2D eigenvalue weighted by molar-refractivity contribution is 7.19. The molecule has 0 aliphatic heterocycles. The van der Waals surface area contributed by atoms with Gasteiger partial charge in [0.1, 0.15) is 16.0 Å². The summed E-state index contributed by atoms with van der Waals surface area (Å²) in [4.78, 5) is 28.1. The second kappa shape index (κ2) is 5.57. The van der Waals surface area contributed by atoms with Gasteiger partial charge < -0.3 is 5.32 Å². The molecule has 0 aliphatic carbocycles. The highest BCUT2D eigenvalue weighted by Crippen LogP contribution is 2.22. The van der Waals surface area contributed by atoms with E-state index in [-0.39, 0.29) is 18.1 Å². The number of rotatable bonds is 4. The van der Waals surface area contributed by atoms with Crippen molar-refractivity contribution in [2.24, 2.45) is 0 Å². The van der Waals surface area contributed by atoms with Gasteiger partial charge in [-0.3, -0.25) is 19.3 Å². The second-order valence-electron chi connectivity index (χ2n) is 4.73. The molecule has 3 aromatic rings. The summed E-state index contributed by atoms with van der Waals surface area (Å²) in [6, 6.07) is 6.22. The smallest absolute Gasteiger partial charge is 0.269 e. The number of carbonyl (C=O) groups is 1. The molecule has 0 atom stereocenters. The number of nitrogens with zero attached hydrogens (tertiary/aromatic N) is 3. The standard InChI is InChI=1S/C14H12N4O3S/c1-9-13(22-12-7-15-8-17(9)12)14(19)16-6-10-3-2-4-11(5-10)18(20)21/h2-5,7-8H,6H2,1H3,(H,16,19). The number of non-ortho nitro benzene ring substituents is 1. The number of hydrogen-bond acceptors (Lipinski definition) is 5. The number of amides is 1. The van der Waals surface area contributed by atoms with Crippen molar-refractivity contribution in [2.75, 3.05) is 0 Å². The summed E-state index contributed by atoms with van der Waals surface area (Å²) in [5.41, 5.74) is 1.53. The SMILES string of the molecule is Cc1c(C(=O)NCc2cccc([N+](=O)[O-])c2)sc2cncn12. The fourth-order valence-electron chi connectivity index (χ4n) is 2.15. The predicted molar refractivity (Wildman–Crippen MR) is 82.1 cm³/mol. The van der Waals surface area contributed by atoms with Gasteiger partial charge in [-0.15, -0.1) is 11.3 Å². The molecule has 0 saturated carbocycles. The van der Waals surface area contributed by atoms with E-state index in [4.69, 9.17) is 0 Å². The molecule has 0 aliphatic rings. The van der Waals surface area contributed by atoms with Crippen molar-refractivity contribution in [2.45, 2.75) is 13.5 Å². The third-order valence-electron chi connectivity index (χ3n) is 3.28. The quantitative estimate of drug-likeness (QED) is 0.591. The lowest BCUT2D eigenvalue weighted by Crippen LogP contribution is -2.22. The van der Waals surface area contributed by atoms with Crippen LogP contribution in [0.15, 0.2) is 36.8 Å². The number of hydrogen-bond donors (Lipinski definition) is 1. The van der Waals surface area contributed by atoms with Crippen LogP contribution in [0.3, 0.4) is 0 Å². The fraction of sp³-hybridized carbons (Fsp3) is 0.143. The average molecular weight is 316 g/mol. The Hall–Kier alpha value is -2.74. The number of thiazole rings is 1. The van der Waals surface area contributed by atoms with Crippen LogP contribution < -0.4 is 5.32 Å². The zero-order valence-corrected chi connectivity index (χ0v) is 12.5. The Balaban J connectivity index is 1.74. The normalized spacial score (nSPS) is 10.8. The van der Waals surface area contributed by atoms with Crippen molar-refractivity contribution in [3.8, 4) is 0 Å². The van der Waals surface area contributed by atoms with Gasteiger partial charge in [0.25, 0.3) is 11.6 Å². The molecule has 0 radical (unpaired) electrons. The topological polar surface area (TPSA) is 89.5 Å². The average Bonchev–Trinajstić information content (AvgIpc) is 3.08. The molecular weight excluding hydrogens is 304 g/mol. The van der Waals surface area contributed by atoms with Crippen LogP contribution in [-0.2, 0) is 6.54 Å². The Kier molecular flexibility index (Phi) is 3.60. The second-order valence-corrected chi connectivity index (χ2v) is 5.76. The Bertz CT molecular complexity index is 868. The van der Waals surface area contributed by atoms with Gasteiger partial charge in [0.2, 0.25) is 0 Å². The summed E-state index contributed by atoms with van der Waals surface area (Å²) < 4.78 is 1.85.